The predicted octanol–water partition coefficient (Wildman–Crippen LogP) is 7.45. The number of carbonyl (C=O) groups is 1. The quantitative estimate of drug-likeness (QED) is 0.414. The van der Waals surface area contributed by atoms with Gasteiger partial charge < -0.3 is 5.32 Å². The maximum absolute atomic E-state index is 12.5. The molecule has 0 bridgehead atoms. The fraction of sp³-hybridized carbons (Fsp3) is 0.130. The molecule has 0 aliphatic heterocycles. The molecule has 0 aliphatic rings. The largest absolute Gasteiger partial charge is 0.326 e. The predicted molar refractivity (Wildman–Crippen MR) is 124 cm³/mol. The van der Waals surface area contributed by atoms with Gasteiger partial charge >= 0.3 is 0 Å². The number of benzene rings is 3. The fourth-order valence-corrected chi connectivity index (χ4v) is 4.02. The van der Waals surface area contributed by atoms with E-state index in [2.05, 4.69) is 11.4 Å². The monoisotopic (exact) mass is 476 g/mol. The Morgan fingerprint density at radius 1 is 1.00 bits per heavy atom. The second-order valence-corrected chi connectivity index (χ2v) is 8.39. The summed E-state index contributed by atoms with van der Waals surface area (Å²) >= 11 is 24.7. The van der Waals surface area contributed by atoms with Gasteiger partial charge in [-0.2, -0.15) is 5.26 Å². The first kappa shape index (κ1) is 22.5. The van der Waals surface area contributed by atoms with Gasteiger partial charge in [0, 0.05) is 25.8 Å². The standard InChI is InChI=1S/C23H16Cl4N2O/c1-13-9-16(18(12-28)14-5-7-15(24)8-6-14)21(27)11-22(13)29-23(30)10-17-19(25)3-2-4-20(17)26/h2-9,11,18H,10H2,1H3,(H,29,30)/t18-/m0/s1. The van der Waals surface area contributed by atoms with E-state index in [0.717, 1.165) is 11.1 Å². The lowest BCUT2D eigenvalue weighted by molar-refractivity contribution is -0.115. The highest BCUT2D eigenvalue weighted by molar-refractivity contribution is 6.36. The number of hydrogen-bond donors (Lipinski definition) is 1. The number of amides is 1. The van der Waals surface area contributed by atoms with E-state index in [1.807, 2.05) is 13.0 Å². The first-order valence-corrected chi connectivity index (χ1v) is 10.5. The number of halogens is 4. The number of nitrogens with zero attached hydrogens (tertiary/aromatic N) is 1. The maximum atomic E-state index is 12.5. The van der Waals surface area contributed by atoms with E-state index in [-0.39, 0.29) is 12.3 Å². The van der Waals surface area contributed by atoms with Crippen molar-refractivity contribution in [3.05, 3.63) is 96.9 Å². The Balaban J connectivity index is 1.84. The van der Waals surface area contributed by atoms with Crippen LogP contribution in [0.2, 0.25) is 20.1 Å². The molecule has 0 aromatic heterocycles. The van der Waals surface area contributed by atoms with Crippen LogP contribution in [0, 0.1) is 18.3 Å². The number of carbonyl (C=O) groups excluding carboxylic acids is 1. The Bertz CT molecular complexity index is 1120. The molecule has 152 valence electrons. The minimum atomic E-state index is -0.555. The smallest absolute Gasteiger partial charge is 0.228 e. The van der Waals surface area contributed by atoms with Crippen molar-refractivity contribution in [1.82, 2.24) is 0 Å². The van der Waals surface area contributed by atoms with E-state index in [4.69, 9.17) is 46.4 Å². The Labute approximate surface area is 195 Å². The van der Waals surface area contributed by atoms with Crippen molar-refractivity contribution >= 4 is 58.0 Å². The van der Waals surface area contributed by atoms with E-state index in [9.17, 15) is 10.1 Å². The summed E-state index contributed by atoms with van der Waals surface area (Å²) in [4.78, 5) is 12.5. The third-order valence-electron chi connectivity index (χ3n) is 4.66. The van der Waals surface area contributed by atoms with Gasteiger partial charge in [0.15, 0.2) is 0 Å². The van der Waals surface area contributed by atoms with Gasteiger partial charge in [-0.25, -0.2) is 0 Å². The van der Waals surface area contributed by atoms with Gasteiger partial charge in [0.1, 0.15) is 0 Å². The Morgan fingerprint density at radius 3 is 2.23 bits per heavy atom. The van der Waals surface area contributed by atoms with Crippen LogP contribution in [0.1, 0.15) is 28.2 Å². The third-order valence-corrected chi connectivity index (χ3v) is 5.95. The van der Waals surface area contributed by atoms with Crippen LogP contribution in [-0.2, 0) is 11.2 Å². The lowest BCUT2D eigenvalue weighted by Gasteiger charge is -2.16. The number of nitrogens with one attached hydrogen (secondary N) is 1. The molecule has 3 nitrogen and oxygen atoms in total. The molecule has 1 N–H and O–H groups in total. The average molecular weight is 478 g/mol. The maximum Gasteiger partial charge on any atom is 0.228 e. The van der Waals surface area contributed by atoms with Crippen LogP contribution >= 0.6 is 46.4 Å². The van der Waals surface area contributed by atoms with Crippen LogP contribution < -0.4 is 5.32 Å². The zero-order valence-corrected chi connectivity index (χ0v) is 18.9. The first-order chi connectivity index (χ1) is 14.3. The van der Waals surface area contributed by atoms with Gasteiger partial charge in [-0.15, -0.1) is 0 Å². The summed E-state index contributed by atoms with van der Waals surface area (Å²) in [6.07, 6.45) is 0.0307. The summed E-state index contributed by atoms with van der Waals surface area (Å²) in [6, 6.07) is 17.9. The van der Waals surface area contributed by atoms with E-state index >= 15 is 0 Å². The van der Waals surface area contributed by atoms with Crippen molar-refractivity contribution in [3.63, 3.8) is 0 Å². The minimum Gasteiger partial charge on any atom is -0.326 e. The van der Waals surface area contributed by atoms with Crippen LogP contribution in [0.15, 0.2) is 54.6 Å². The highest BCUT2D eigenvalue weighted by Crippen LogP contribution is 2.34. The van der Waals surface area contributed by atoms with Crippen LogP contribution in [-0.4, -0.2) is 5.91 Å². The van der Waals surface area contributed by atoms with Crippen LogP contribution in [0.25, 0.3) is 0 Å². The van der Waals surface area contributed by atoms with Gasteiger partial charge in [-0.3, -0.25) is 4.79 Å². The van der Waals surface area contributed by atoms with E-state index in [1.165, 1.54) is 0 Å². The van der Waals surface area contributed by atoms with E-state index in [0.29, 0.717) is 36.9 Å². The molecule has 3 rings (SSSR count). The van der Waals surface area contributed by atoms with Crippen molar-refractivity contribution in [2.75, 3.05) is 5.32 Å². The van der Waals surface area contributed by atoms with Crippen molar-refractivity contribution in [3.8, 4) is 6.07 Å². The molecule has 1 amide bonds. The third kappa shape index (κ3) is 5.09. The molecule has 0 heterocycles. The highest BCUT2D eigenvalue weighted by atomic mass is 35.5. The molecular weight excluding hydrogens is 462 g/mol. The van der Waals surface area contributed by atoms with Crippen molar-refractivity contribution < 1.29 is 4.79 Å². The SMILES string of the molecule is Cc1cc([C@@H](C#N)c2ccc(Cl)cc2)c(Cl)cc1NC(=O)Cc1c(Cl)cccc1Cl. The molecule has 0 aliphatic carbocycles. The number of anilines is 1. The van der Waals surface area contributed by atoms with Crippen molar-refractivity contribution in [2.45, 2.75) is 19.3 Å². The molecule has 0 radical (unpaired) electrons. The molecule has 0 unspecified atom stereocenters. The number of rotatable bonds is 5. The second kappa shape index (κ2) is 9.73. The van der Waals surface area contributed by atoms with Crippen LogP contribution in [0.5, 0.6) is 0 Å². The highest BCUT2D eigenvalue weighted by Gasteiger charge is 2.19. The summed E-state index contributed by atoms with van der Waals surface area (Å²) in [5.41, 5.74) is 3.34. The number of hydrogen-bond acceptors (Lipinski definition) is 2. The molecule has 3 aromatic carbocycles. The molecule has 0 saturated carbocycles. The fourth-order valence-electron chi connectivity index (χ4n) is 3.09. The Kier molecular flexibility index (Phi) is 7.28. The summed E-state index contributed by atoms with van der Waals surface area (Å²) in [7, 11) is 0. The lowest BCUT2D eigenvalue weighted by Crippen LogP contribution is -2.16. The minimum absolute atomic E-state index is 0.0307. The molecule has 0 saturated heterocycles. The number of aryl methyl sites for hydroxylation is 1. The van der Waals surface area contributed by atoms with Crippen molar-refractivity contribution in [2.24, 2.45) is 0 Å². The van der Waals surface area contributed by atoms with Crippen LogP contribution in [0.3, 0.4) is 0 Å². The topological polar surface area (TPSA) is 52.9 Å². The molecule has 0 spiro atoms. The Hall–Kier alpha value is -2.22. The molecule has 3 aromatic rings. The molecular formula is C23H16Cl4N2O. The van der Waals surface area contributed by atoms with Gasteiger partial charge in [-0.1, -0.05) is 70.7 Å². The lowest BCUT2D eigenvalue weighted by atomic mass is 9.91. The van der Waals surface area contributed by atoms with Gasteiger partial charge in [-0.05, 0) is 59.5 Å². The van der Waals surface area contributed by atoms with Gasteiger partial charge in [0.25, 0.3) is 0 Å². The first-order valence-electron chi connectivity index (χ1n) is 8.98. The summed E-state index contributed by atoms with van der Waals surface area (Å²) in [6.45, 7) is 1.84. The molecule has 1 atom stereocenters. The molecule has 30 heavy (non-hydrogen) atoms. The zero-order valence-electron chi connectivity index (χ0n) is 15.8. The van der Waals surface area contributed by atoms with Crippen LogP contribution in [0.4, 0.5) is 5.69 Å². The molecule has 7 heteroatoms. The summed E-state index contributed by atoms with van der Waals surface area (Å²) in [5.74, 6) is -0.827. The van der Waals surface area contributed by atoms with Crippen molar-refractivity contribution in [1.29, 1.82) is 5.26 Å². The van der Waals surface area contributed by atoms with E-state index < -0.39 is 5.92 Å². The van der Waals surface area contributed by atoms with Gasteiger partial charge in [0.05, 0.1) is 18.4 Å². The zero-order chi connectivity index (χ0) is 21.8. The normalized spacial score (nSPS) is 11.6. The summed E-state index contributed by atoms with van der Waals surface area (Å²) in [5, 5.41) is 14.4. The second-order valence-electron chi connectivity index (χ2n) is 6.73. The van der Waals surface area contributed by atoms with E-state index in [1.54, 1.807) is 48.5 Å². The number of nitriles is 1. The molecule has 0 fully saturated rings. The van der Waals surface area contributed by atoms with Gasteiger partial charge in [0.2, 0.25) is 5.91 Å². The average Bonchev–Trinajstić information content (AvgIpc) is 2.70. The Morgan fingerprint density at radius 2 is 1.63 bits per heavy atom. The summed E-state index contributed by atoms with van der Waals surface area (Å²) < 4.78 is 0.